The van der Waals surface area contributed by atoms with Crippen LogP contribution in [0.4, 0.5) is 23.5 Å². The number of nitrogens with one attached hydrogen (secondary N) is 2. The topological polar surface area (TPSA) is 269 Å². The molecule has 0 fully saturated rings. The van der Waals surface area contributed by atoms with E-state index >= 15 is 0 Å². The summed E-state index contributed by atoms with van der Waals surface area (Å²) in [5.41, 5.74) is 11.4. The lowest BCUT2D eigenvalue weighted by Crippen LogP contribution is -2.11. The number of carbonyl (C=O) groups is 2. The first-order valence-corrected chi connectivity index (χ1v) is 21.3. The fraction of sp³-hybridized carbons (Fsp3) is 0.319. The van der Waals surface area contributed by atoms with Crippen molar-refractivity contribution in [3.8, 4) is 22.8 Å². The molecule has 5 N–H and O–H groups in total. The van der Waals surface area contributed by atoms with Crippen LogP contribution in [-0.4, -0.2) is 76.3 Å². The first-order valence-electron chi connectivity index (χ1n) is 21.3. The standard InChI is InChI=1S/C24H27N7O2.C15H17N7.C8H11NO3/c1-15-12-17(21-26-14-27-23(29-21)28-20-10-11-31(5)30-20)7-6-16(15)8-9-18(32)19-13-25-22(33-19)24(2,3)4;1-10-7-11(3-4-12(10)8-16)14-17-9-18-15(20-14)19-13-5-6-22(2)21-13;1-8(2,3)7-9-4-5(12-7)6(10)11/h6-7,10-14H,8-9H2,1-5H3,(H,26,27,28,29,30);3-7,9H,8,16H2,1-2H3,(H,17,18,19,20,21);4H,1-3H3,(H,10,11). The Labute approximate surface area is 387 Å². The van der Waals surface area contributed by atoms with Crippen LogP contribution in [0.5, 0.6) is 0 Å². The van der Waals surface area contributed by atoms with Crippen molar-refractivity contribution in [1.82, 2.24) is 59.4 Å². The molecular weight excluding hydrogens is 855 g/mol. The smallest absolute Gasteiger partial charge is 0.373 e. The summed E-state index contributed by atoms with van der Waals surface area (Å²) in [5, 5.41) is 23.2. The molecule has 0 atom stereocenters. The lowest BCUT2D eigenvalue weighted by atomic mass is 9.97. The highest BCUT2D eigenvalue weighted by molar-refractivity contribution is 5.93. The van der Waals surface area contributed by atoms with Gasteiger partial charge >= 0.3 is 5.97 Å². The van der Waals surface area contributed by atoms with E-state index in [-0.39, 0.29) is 22.4 Å². The zero-order chi connectivity index (χ0) is 48.5. The van der Waals surface area contributed by atoms with Crippen LogP contribution < -0.4 is 16.4 Å². The minimum atomic E-state index is -1.09. The number of aromatic carboxylic acids is 1. The number of nitrogens with zero attached hydrogens (tertiary/aromatic N) is 12. The quantitative estimate of drug-likeness (QED) is 0.0849. The van der Waals surface area contributed by atoms with Gasteiger partial charge in [0, 0.05) is 73.5 Å². The van der Waals surface area contributed by atoms with Crippen molar-refractivity contribution in [2.24, 2.45) is 19.8 Å². The maximum atomic E-state index is 12.6. The maximum absolute atomic E-state index is 12.6. The molecular formula is C47H55N15O5. The highest BCUT2D eigenvalue weighted by atomic mass is 16.4. The molecule has 0 saturated heterocycles. The number of nitrogens with two attached hydrogens (primary N) is 1. The third-order valence-corrected chi connectivity index (χ3v) is 9.87. The second-order valence-electron chi connectivity index (χ2n) is 17.5. The van der Waals surface area contributed by atoms with Gasteiger partial charge in [0.2, 0.25) is 23.5 Å². The summed E-state index contributed by atoms with van der Waals surface area (Å²) in [6.45, 7) is 16.3. The van der Waals surface area contributed by atoms with Crippen LogP contribution in [-0.2, 0) is 37.9 Å². The molecule has 0 bridgehead atoms. The van der Waals surface area contributed by atoms with Gasteiger partial charge in [0.25, 0.3) is 0 Å². The minimum Gasteiger partial charge on any atom is -0.475 e. The Morgan fingerprint density at radius 3 is 1.51 bits per heavy atom. The molecule has 6 aromatic heterocycles. The highest BCUT2D eigenvalue weighted by Crippen LogP contribution is 2.25. The molecule has 0 radical (unpaired) electrons. The Morgan fingerprint density at radius 1 is 0.657 bits per heavy atom. The molecule has 0 amide bonds. The molecule has 8 aromatic rings. The number of carboxylic acids is 1. The first-order chi connectivity index (χ1) is 31.7. The maximum Gasteiger partial charge on any atom is 0.373 e. The molecule has 8 rings (SSSR count). The summed E-state index contributed by atoms with van der Waals surface area (Å²) in [5.74, 6) is 3.49. The number of carboxylic acid groups (broad SMARTS) is 1. The number of hydrogen-bond donors (Lipinski definition) is 4. The van der Waals surface area contributed by atoms with Gasteiger partial charge in [-0.3, -0.25) is 14.2 Å². The molecule has 20 nitrogen and oxygen atoms in total. The van der Waals surface area contributed by atoms with E-state index in [1.807, 2.05) is 130 Å². The number of aromatic nitrogens is 12. The molecule has 348 valence electrons. The van der Waals surface area contributed by atoms with Gasteiger partial charge in [0.1, 0.15) is 12.7 Å². The van der Waals surface area contributed by atoms with Gasteiger partial charge in [-0.05, 0) is 54.7 Å². The van der Waals surface area contributed by atoms with Gasteiger partial charge in [0.05, 0.1) is 12.4 Å². The average Bonchev–Trinajstić information content (AvgIpc) is 4.13. The number of ketones is 1. The average molecular weight is 910 g/mol. The lowest BCUT2D eigenvalue weighted by Gasteiger charge is -2.12. The highest BCUT2D eigenvalue weighted by Gasteiger charge is 2.23. The summed E-state index contributed by atoms with van der Waals surface area (Å²) < 4.78 is 14.1. The number of rotatable bonds is 12. The van der Waals surface area contributed by atoms with Gasteiger partial charge in [-0.1, -0.05) is 65.8 Å². The lowest BCUT2D eigenvalue weighted by molar-refractivity contribution is 0.0658. The van der Waals surface area contributed by atoms with E-state index in [0.717, 1.165) is 33.4 Å². The molecule has 0 aliphatic heterocycles. The minimum absolute atomic E-state index is 0.0517. The number of Topliss-reactive ketones (excluding diaryl/α,β-unsaturated/α-hetero) is 1. The first kappa shape index (κ1) is 48.5. The van der Waals surface area contributed by atoms with E-state index in [1.165, 1.54) is 25.0 Å². The van der Waals surface area contributed by atoms with Crippen molar-refractivity contribution in [2.75, 3.05) is 10.6 Å². The van der Waals surface area contributed by atoms with Crippen LogP contribution in [0.25, 0.3) is 22.8 Å². The Kier molecular flexibility index (Phi) is 15.1. The van der Waals surface area contributed by atoms with E-state index in [1.54, 1.807) is 9.36 Å². The molecule has 67 heavy (non-hydrogen) atoms. The fourth-order valence-corrected chi connectivity index (χ4v) is 6.20. The molecule has 0 saturated carbocycles. The van der Waals surface area contributed by atoms with Crippen molar-refractivity contribution in [1.29, 1.82) is 0 Å². The normalized spacial score (nSPS) is 11.3. The predicted molar refractivity (Wildman–Crippen MR) is 251 cm³/mol. The Hall–Kier alpha value is -8.00. The van der Waals surface area contributed by atoms with Crippen LogP contribution in [0.2, 0.25) is 0 Å². The molecule has 0 aliphatic carbocycles. The zero-order valence-corrected chi connectivity index (χ0v) is 39.2. The van der Waals surface area contributed by atoms with Crippen LogP contribution >= 0.6 is 0 Å². The molecule has 0 unspecified atom stereocenters. The number of carbonyl (C=O) groups excluding carboxylic acids is 1. The largest absolute Gasteiger partial charge is 0.475 e. The Morgan fingerprint density at radius 2 is 1.12 bits per heavy atom. The third-order valence-electron chi connectivity index (χ3n) is 9.87. The molecule has 20 heteroatoms. The van der Waals surface area contributed by atoms with Crippen molar-refractivity contribution in [3.05, 3.63) is 132 Å². The number of aryl methyl sites for hydroxylation is 5. The van der Waals surface area contributed by atoms with Gasteiger partial charge in [0.15, 0.2) is 40.7 Å². The summed E-state index contributed by atoms with van der Waals surface area (Å²) in [6.07, 6.45) is 10.4. The monoisotopic (exact) mass is 909 g/mol. The summed E-state index contributed by atoms with van der Waals surface area (Å²) in [7, 11) is 3.70. The van der Waals surface area contributed by atoms with E-state index in [4.69, 9.17) is 19.7 Å². The number of oxazole rings is 2. The third kappa shape index (κ3) is 13.3. The molecule has 0 aliphatic rings. The van der Waals surface area contributed by atoms with E-state index in [9.17, 15) is 9.59 Å². The van der Waals surface area contributed by atoms with Gasteiger partial charge in [-0.25, -0.2) is 34.7 Å². The zero-order valence-electron chi connectivity index (χ0n) is 39.2. The summed E-state index contributed by atoms with van der Waals surface area (Å²) >= 11 is 0. The number of anilines is 4. The predicted octanol–water partition coefficient (Wildman–Crippen LogP) is 7.88. The SMILES string of the molecule is CC(C)(C)c1ncc(C(=O)O)o1.Cc1cc(-c2ncnc(Nc3ccn(C)n3)n2)ccc1CCC(=O)c1cnc(C(C)(C)C)o1.Cc1cc(-c2ncnc(Nc3ccn(C)n3)n2)ccc1CN. The van der Waals surface area contributed by atoms with Gasteiger partial charge in [-0.2, -0.15) is 20.2 Å². The summed E-state index contributed by atoms with van der Waals surface area (Å²) in [6, 6.07) is 15.7. The van der Waals surface area contributed by atoms with Crippen molar-refractivity contribution < 1.29 is 23.5 Å². The van der Waals surface area contributed by atoms with Gasteiger partial charge < -0.3 is 30.3 Å². The number of benzene rings is 2. The van der Waals surface area contributed by atoms with Crippen LogP contribution in [0.1, 0.15) is 103 Å². The molecule has 2 aromatic carbocycles. The number of hydrogen-bond acceptors (Lipinski definition) is 17. The van der Waals surface area contributed by atoms with Gasteiger partial charge in [-0.15, -0.1) is 0 Å². The second-order valence-corrected chi connectivity index (χ2v) is 17.5. The molecule has 6 heterocycles. The summed E-state index contributed by atoms with van der Waals surface area (Å²) in [4.78, 5) is 56.8. The van der Waals surface area contributed by atoms with E-state index in [2.05, 4.69) is 60.7 Å². The van der Waals surface area contributed by atoms with Crippen molar-refractivity contribution in [2.45, 2.75) is 85.6 Å². The van der Waals surface area contributed by atoms with Crippen LogP contribution in [0.3, 0.4) is 0 Å². The van der Waals surface area contributed by atoms with Crippen molar-refractivity contribution >= 4 is 35.3 Å². The second kappa shape index (κ2) is 20.9. The van der Waals surface area contributed by atoms with E-state index < -0.39 is 5.97 Å². The van der Waals surface area contributed by atoms with E-state index in [0.29, 0.717) is 72.1 Å². The van der Waals surface area contributed by atoms with Crippen LogP contribution in [0.15, 0.2) is 94.8 Å². The molecule has 0 spiro atoms. The van der Waals surface area contributed by atoms with Crippen molar-refractivity contribution in [3.63, 3.8) is 0 Å². The van der Waals surface area contributed by atoms with Crippen LogP contribution in [0, 0.1) is 13.8 Å². The Bertz CT molecular complexity index is 2950. The fourth-order valence-electron chi connectivity index (χ4n) is 6.20. The Balaban J connectivity index is 0.000000186.